The third-order valence-corrected chi connectivity index (χ3v) is 2.60. The second-order valence-electron chi connectivity index (χ2n) is 4.81. The van der Waals surface area contributed by atoms with Crippen LogP contribution in [0.25, 0.3) is 0 Å². The van der Waals surface area contributed by atoms with Gasteiger partial charge in [-0.3, -0.25) is 14.9 Å². The van der Waals surface area contributed by atoms with Crippen LogP contribution in [0.1, 0.15) is 27.7 Å². The number of carbonyl (C=O) groups is 2. The fraction of sp³-hybridized carbons (Fsp3) is 0.692. The van der Waals surface area contributed by atoms with E-state index in [0.29, 0.717) is 13.1 Å². The second-order valence-corrected chi connectivity index (χ2v) is 4.81. The number of carboxylic acid groups (broad SMARTS) is 1. The normalized spacial score (nSPS) is 12.3. The fourth-order valence-corrected chi connectivity index (χ4v) is 1.62. The first-order valence-corrected chi connectivity index (χ1v) is 6.17. The van der Waals surface area contributed by atoms with Crippen molar-refractivity contribution in [2.75, 3.05) is 19.6 Å². The number of nitrogens with zero attached hydrogens (tertiary/aromatic N) is 1. The molecule has 5 nitrogen and oxygen atoms in total. The molecule has 0 aliphatic carbocycles. The smallest absolute Gasteiger partial charge is 0.320 e. The molecule has 1 amide bonds. The number of rotatable bonds is 8. The molecule has 0 saturated carbocycles. The van der Waals surface area contributed by atoms with Gasteiger partial charge >= 0.3 is 5.97 Å². The molecule has 2 N–H and O–H groups in total. The van der Waals surface area contributed by atoms with E-state index in [-0.39, 0.29) is 18.4 Å². The number of likely N-dealkylation sites (N-methyl/N-ethyl adjacent to an activating group) is 1. The van der Waals surface area contributed by atoms with Crippen LogP contribution in [0.4, 0.5) is 0 Å². The van der Waals surface area contributed by atoms with Crippen molar-refractivity contribution >= 4 is 11.9 Å². The lowest BCUT2D eigenvalue weighted by Crippen LogP contribution is -2.47. The summed E-state index contributed by atoms with van der Waals surface area (Å²) < 4.78 is 0. The van der Waals surface area contributed by atoms with Gasteiger partial charge in [0.2, 0.25) is 5.91 Å². The Hall–Kier alpha value is -1.36. The number of aliphatic carboxylic acids is 1. The minimum atomic E-state index is -0.930. The number of carboxylic acids is 1. The van der Waals surface area contributed by atoms with Crippen LogP contribution in [-0.2, 0) is 9.59 Å². The van der Waals surface area contributed by atoms with E-state index < -0.39 is 12.0 Å². The van der Waals surface area contributed by atoms with Crippen LogP contribution in [0.5, 0.6) is 0 Å². The zero-order valence-electron chi connectivity index (χ0n) is 11.7. The Morgan fingerprint density at radius 1 is 1.39 bits per heavy atom. The van der Waals surface area contributed by atoms with Gasteiger partial charge < -0.3 is 10.0 Å². The third kappa shape index (κ3) is 5.82. The first-order valence-electron chi connectivity index (χ1n) is 6.17. The quantitative estimate of drug-likeness (QED) is 0.638. The standard InChI is InChI=1S/C13H24N2O3/c1-6-15(8-9(2)3)11(16)7-14-12(10(4)5)13(17)18/h10,12,14H,2,6-8H2,1,3-5H3,(H,17,18). The molecule has 0 aromatic rings. The topological polar surface area (TPSA) is 69.6 Å². The molecular formula is C13H24N2O3. The lowest BCUT2D eigenvalue weighted by molar-refractivity contribution is -0.141. The number of amides is 1. The van der Waals surface area contributed by atoms with E-state index in [9.17, 15) is 9.59 Å². The van der Waals surface area contributed by atoms with Crippen LogP contribution in [0, 0.1) is 5.92 Å². The van der Waals surface area contributed by atoms with Gasteiger partial charge in [-0.25, -0.2) is 0 Å². The van der Waals surface area contributed by atoms with Gasteiger partial charge in [0.1, 0.15) is 6.04 Å². The first-order chi connectivity index (χ1) is 8.29. The Morgan fingerprint density at radius 3 is 2.28 bits per heavy atom. The highest BCUT2D eigenvalue weighted by Gasteiger charge is 2.22. The molecule has 1 unspecified atom stereocenters. The molecule has 0 aromatic carbocycles. The minimum Gasteiger partial charge on any atom is -0.480 e. The van der Waals surface area contributed by atoms with E-state index in [1.165, 1.54) is 0 Å². The van der Waals surface area contributed by atoms with Gasteiger partial charge in [0.05, 0.1) is 6.54 Å². The van der Waals surface area contributed by atoms with Gasteiger partial charge in [0.25, 0.3) is 0 Å². The second kappa shape index (κ2) is 7.87. The van der Waals surface area contributed by atoms with Gasteiger partial charge in [-0.2, -0.15) is 0 Å². The summed E-state index contributed by atoms with van der Waals surface area (Å²) in [6, 6.07) is -0.697. The van der Waals surface area contributed by atoms with E-state index in [0.717, 1.165) is 5.57 Å². The molecule has 1 atom stereocenters. The van der Waals surface area contributed by atoms with E-state index in [1.807, 2.05) is 27.7 Å². The van der Waals surface area contributed by atoms with Crippen LogP contribution < -0.4 is 5.32 Å². The van der Waals surface area contributed by atoms with Crippen molar-refractivity contribution in [1.82, 2.24) is 10.2 Å². The molecule has 0 heterocycles. The zero-order valence-corrected chi connectivity index (χ0v) is 11.7. The monoisotopic (exact) mass is 256 g/mol. The summed E-state index contributed by atoms with van der Waals surface area (Å²) in [5.41, 5.74) is 0.906. The highest BCUT2D eigenvalue weighted by molar-refractivity contribution is 5.80. The fourth-order valence-electron chi connectivity index (χ4n) is 1.62. The largest absolute Gasteiger partial charge is 0.480 e. The summed E-state index contributed by atoms with van der Waals surface area (Å²) in [6.07, 6.45) is 0. The molecule has 5 heteroatoms. The van der Waals surface area contributed by atoms with Gasteiger partial charge in [0.15, 0.2) is 0 Å². The molecule has 18 heavy (non-hydrogen) atoms. The van der Waals surface area contributed by atoms with E-state index in [2.05, 4.69) is 11.9 Å². The van der Waals surface area contributed by atoms with Gasteiger partial charge in [0, 0.05) is 13.1 Å². The van der Waals surface area contributed by atoms with Crippen molar-refractivity contribution in [3.63, 3.8) is 0 Å². The summed E-state index contributed by atoms with van der Waals surface area (Å²) in [4.78, 5) is 24.5. The van der Waals surface area contributed by atoms with Crippen molar-refractivity contribution in [2.24, 2.45) is 5.92 Å². The van der Waals surface area contributed by atoms with E-state index >= 15 is 0 Å². The summed E-state index contributed by atoms with van der Waals surface area (Å²) in [7, 11) is 0. The van der Waals surface area contributed by atoms with Crippen molar-refractivity contribution in [3.8, 4) is 0 Å². The van der Waals surface area contributed by atoms with Crippen molar-refractivity contribution in [1.29, 1.82) is 0 Å². The molecule has 0 aliphatic heterocycles. The molecular weight excluding hydrogens is 232 g/mol. The van der Waals surface area contributed by atoms with Crippen molar-refractivity contribution < 1.29 is 14.7 Å². The molecule has 104 valence electrons. The number of hydrogen-bond acceptors (Lipinski definition) is 3. The Bertz CT molecular complexity index is 313. The van der Waals surface area contributed by atoms with Crippen LogP contribution in [0.15, 0.2) is 12.2 Å². The Labute approximate surface area is 109 Å². The summed E-state index contributed by atoms with van der Waals surface area (Å²) >= 11 is 0. The summed E-state index contributed by atoms with van der Waals surface area (Å²) in [6.45, 7) is 12.3. The number of nitrogens with one attached hydrogen (secondary N) is 1. The van der Waals surface area contributed by atoms with Gasteiger partial charge in [-0.15, -0.1) is 0 Å². The molecule has 0 spiro atoms. The van der Waals surface area contributed by atoms with Crippen LogP contribution in [0.2, 0.25) is 0 Å². The molecule has 0 saturated heterocycles. The molecule has 0 rings (SSSR count). The Kier molecular flexibility index (Phi) is 7.27. The average Bonchev–Trinajstić information content (AvgIpc) is 2.24. The summed E-state index contributed by atoms with van der Waals surface area (Å²) in [5.74, 6) is -1.10. The lowest BCUT2D eigenvalue weighted by Gasteiger charge is -2.23. The van der Waals surface area contributed by atoms with Crippen LogP contribution in [-0.4, -0.2) is 47.6 Å². The lowest BCUT2D eigenvalue weighted by atomic mass is 10.1. The van der Waals surface area contributed by atoms with E-state index in [1.54, 1.807) is 4.90 Å². The maximum atomic E-state index is 11.9. The Balaban J connectivity index is 4.37. The molecule has 0 aromatic heterocycles. The SMILES string of the molecule is C=C(C)CN(CC)C(=O)CNC(C(=O)O)C(C)C. The number of hydrogen-bond donors (Lipinski definition) is 2. The zero-order chi connectivity index (χ0) is 14.3. The van der Waals surface area contributed by atoms with Crippen LogP contribution in [0.3, 0.4) is 0 Å². The predicted octanol–water partition coefficient (Wildman–Crippen LogP) is 1.11. The molecule has 0 radical (unpaired) electrons. The molecule has 0 aliphatic rings. The van der Waals surface area contributed by atoms with E-state index in [4.69, 9.17) is 5.11 Å². The highest BCUT2D eigenvalue weighted by atomic mass is 16.4. The third-order valence-electron chi connectivity index (χ3n) is 2.60. The predicted molar refractivity (Wildman–Crippen MR) is 71.3 cm³/mol. The van der Waals surface area contributed by atoms with Gasteiger partial charge in [-0.05, 0) is 19.8 Å². The van der Waals surface area contributed by atoms with Crippen molar-refractivity contribution in [3.05, 3.63) is 12.2 Å². The Morgan fingerprint density at radius 2 is 1.94 bits per heavy atom. The summed E-state index contributed by atoms with van der Waals surface area (Å²) in [5, 5.41) is 11.8. The van der Waals surface area contributed by atoms with Crippen molar-refractivity contribution in [2.45, 2.75) is 33.7 Å². The average molecular weight is 256 g/mol. The number of carbonyl (C=O) groups excluding carboxylic acids is 1. The van der Waals surface area contributed by atoms with Crippen LogP contribution >= 0.6 is 0 Å². The molecule has 0 bridgehead atoms. The van der Waals surface area contributed by atoms with Gasteiger partial charge in [-0.1, -0.05) is 26.0 Å². The molecule has 0 fully saturated rings. The minimum absolute atomic E-state index is 0.0380. The first kappa shape index (κ1) is 16.6. The maximum absolute atomic E-state index is 11.9. The maximum Gasteiger partial charge on any atom is 0.320 e. The highest BCUT2D eigenvalue weighted by Crippen LogP contribution is 2.02.